The monoisotopic (exact) mass is 454 g/mol. The summed E-state index contributed by atoms with van der Waals surface area (Å²) < 4.78 is 16.1. The first kappa shape index (κ1) is 22.4. The summed E-state index contributed by atoms with van der Waals surface area (Å²) in [6, 6.07) is 7.88. The van der Waals surface area contributed by atoms with Gasteiger partial charge in [-0.3, -0.25) is 24.6 Å². The van der Waals surface area contributed by atoms with Crippen LogP contribution in [0.1, 0.15) is 52.1 Å². The molecule has 10 heteroatoms. The summed E-state index contributed by atoms with van der Waals surface area (Å²) in [5.41, 5.74) is 1.07. The number of non-ortho nitro benzene ring substituents is 1. The van der Waals surface area contributed by atoms with Gasteiger partial charge >= 0.3 is 5.97 Å². The fourth-order valence-electron chi connectivity index (χ4n) is 4.00. The highest BCUT2D eigenvalue weighted by Crippen LogP contribution is 2.34. The highest BCUT2D eigenvalue weighted by molar-refractivity contribution is 6.22. The van der Waals surface area contributed by atoms with Crippen molar-refractivity contribution >= 4 is 23.5 Å². The molecule has 0 aromatic heterocycles. The third-order valence-electron chi connectivity index (χ3n) is 5.88. The van der Waals surface area contributed by atoms with Gasteiger partial charge in [0.15, 0.2) is 6.79 Å². The summed E-state index contributed by atoms with van der Waals surface area (Å²) in [6.45, 7) is 3.37. The van der Waals surface area contributed by atoms with Crippen molar-refractivity contribution in [1.29, 1.82) is 0 Å². The van der Waals surface area contributed by atoms with Crippen molar-refractivity contribution in [3.8, 4) is 5.75 Å². The second-order valence-electron chi connectivity index (χ2n) is 7.92. The number of ether oxygens (including phenoxy) is 3. The highest BCUT2D eigenvalue weighted by atomic mass is 16.7. The summed E-state index contributed by atoms with van der Waals surface area (Å²) in [4.78, 5) is 50.8. The average Bonchev–Trinajstić information content (AvgIpc) is 3.07. The van der Waals surface area contributed by atoms with Crippen LogP contribution in [0.3, 0.4) is 0 Å². The average molecular weight is 454 g/mol. The second kappa shape index (κ2) is 8.99. The maximum Gasteiger partial charge on any atom is 0.329 e. The van der Waals surface area contributed by atoms with Crippen molar-refractivity contribution in [1.82, 2.24) is 4.90 Å². The van der Waals surface area contributed by atoms with Crippen LogP contribution >= 0.6 is 0 Å². The van der Waals surface area contributed by atoms with Gasteiger partial charge < -0.3 is 14.2 Å². The molecule has 2 amide bonds. The Bertz CT molecular complexity index is 1110. The van der Waals surface area contributed by atoms with E-state index in [0.717, 1.165) is 4.90 Å². The molecule has 0 aliphatic carbocycles. The van der Waals surface area contributed by atoms with Crippen LogP contribution in [0.25, 0.3) is 0 Å². The summed E-state index contributed by atoms with van der Waals surface area (Å²) in [7, 11) is 0. The molecular weight excluding hydrogens is 432 g/mol. The van der Waals surface area contributed by atoms with Crippen LogP contribution in [-0.4, -0.2) is 40.4 Å². The normalized spacial score (nSPS) is 16.5. The first-order valence-electron chi connectivity index (χ1n) is 10.5. The van der Waals surface area contributed by atoms with Gasteiger partial charge in [0.1, 0.15) is 18.4 Å². The number of imide groups is 1. The van der Waals surface area contributed by atoms with Crippen molar-refractivity contribution in [3.05, 3.63) is 68.8 Å². The summed E-state index contributed by atoms with van der Waals surface area (Å²) in [5, 5.41) is 11.3. The van der Waals surface area contributed by atoms with Crippen LogP contribution in [0.5, 0.6) is 5.75 Å². The van der Waals surface area contributed by atoms with E-state index in [1.807, 2.05) is 6.92 Å². The molecule has 2 atom stereocenters. The highest BCUT2D eigenvalue weighted by Gasteiger charge is 2.45. The third kappa shape index (κ3) is 4.05. The summed E-state index contributed by atoms with van der Waals surface area (Å²) in [5.74, 6) is -1.88. The molecular formula is C23H22N2O8. The Balaban J connectivity index is 1.60. The van der Waals surface area contributed by atoms with Gasteiger partial charge in [-0.25, -0.2) is 4.79 Å². The molecule has 2 aromatic carbocycles. The van der Waals surface area contributed by atoms with Gasteiger partial charge in [0.25, 0.3) is 17.5 Å². The van der Waals surface area contributed by atoms with Crippen LogP contribution in [-0.2, 0) is 27.5 Å². The van der Waals surface area contributed by atoms with Crippen molar-refractivity contribution < 1.29 is 33.5 Å². The molecule has 33 heavy (non-hydrogen) atoms. The van der Waals surface area contributed by atoms with E-state index in [1.165, 1.54) is 12.1 Å². The van der Waals surface area contributed by atoms with E-state index in [4.69, 9.17) is 14.2 Å². The largest absolute Gasteiger partial charge is 0.467 e. The van der Waals surface area contributed by atoms with Crippen LogP contribution in [0.15, 0.2) is 36.4 Å². The lowest BCUT2D eigenvalue weighted by atomic mass is 9.97. The number of nitrogens with zero attached hydrogens (tertiary/aromatic N) is 2. The molecule has 4 rings (SSSR count). The maximum absolute atomic E-state index is 13.2. The Morgan fingerprint density at radius 3 is 2.48 bits per heavy atom. The number of amides is 2. The molecule has 172 valence electrons. The maximum atomic E-state index is 13.2. The van der Waals surface area contributed by atoms with Gasteiger partial charge in [0.05, 0.1) is 22.7 Å². The molecule has 2 aliphatic rings. The molecule has 0 saturated carbocycles. The lowest BCUT2D eigenvalue weighted by molar-refractivity contribution is -0.385. The number of nitro benzene ring substituents is 1. The first-order valence-corrected chi connectivity index (χ1v) is 10.5. The number of hydrogen-bond acceptors (Lipinski definition) is 8. The molecule has 10 nitrogen and oxygen atoms in total. The zero-order valence-electron chi connectivity index (χ0n) is 18.1. The van der Waals surface area contributed by atoms with Crippen LogP contribution < -0.4 is 4.74 Å². The summed E-state index contributed by atoms with van der Waals surface area (Å²) >= 11 is 0. The Morgan fingerprint density at radius 2 is 1.88 bits per heavy atom. The standard InChI is InChI=1S/C23H22N2O8/c1-3-13(2)19(24-21(26)17-6-4-5-7-18(17)22(24)27)23(28)32-11-15-9-16(25(29)30)8-14-10-31-12-33-20(14)15/h4-9,13,19H,3,10-12H2,1-2H3/t13-,19-/m0/s1. The van der Waals surface area contributed by atoms with Crippen LogP contribution in [0, 0.1) is 16.0 Å². The number of carbonyl (C=O) groups is 3. The fourth-order valence-corrected chi connectivity index (χ4v) is 4.00. The van der Waals surface area contributed by atoms with Gasteiger partial charge in [-0.15, -0.1) is 0 Å². The first-order chi connectivity index (χ1) is 15.8. The van der Waals surface area contributed by atoms with Crippen molar-refractivity contribution in [2.75, 3.05) is 6.79 Å². The van der Waals surface area contributed by atoms with Gasteiger partial charge in [-0.05, 0) is 18.1 Å². The minimum absolute atomic E-state index is 0.0315. The number of esters is 1. The summed E-state index contributed by atoms with van der Waals surface area (Å²) in [6.07, 6.45) is 0.514. The van der Waals surface area contributed by atoms with Gasteiger partial charge in [-0.2, -0.15) is 0 Å². The number of nitro groups is 1. The van der Waals surface area contributed by atoms with Gasteiger partial charge in [0, 0.05) is 23.3 Å². The number of rotatable bonds is 7. The number of benzene rings is 2. The van der Waals surface area contributed by atoms with Crippen molar-refractivity contribution in [2.45, 2.75) is 39.5 Å². The van der Waals surface area contributed by atoms with E-state index in [1.54, 1.807) is 31.2 Å². The van der Waals surface area contributed by atoms with E-state index in [9.17, 15) is 24.5 Å². The topological polar surface area (TPSA) is 125 Å². The quantitative estimate of drug-likeness (QED) is 0.270. The SMILES string of the molecule is CC[C@H](C)[C@@H](C(=O)OCc1cc([N+](=O)[O-])cc2c1OCOC2)N1C(=O)c2ccccc2C1=O. The smallest absolute Gasteiger partial charge is 0.329 e. The minimum Gasteiger partial charge on any atom is -0.467 e. The lowest BCUT2D eigenvalue weighted by Crippen LogP contribution is -2.49. The number of carbonyl (C=O) groups excluding carboxylic acids is 3. The molecule has 0 bridgehead atoms. The predicted octanol–water partition coefficient (Wildman–Crippen LogP) is 3.22. The van der Waals surface area contributed by atoms with Crippen LogP contribution in [0.2, 0.25) is 0 Å². The predicted molar refractivity (Wildman–Crippen MR) is 113 cm³/mol. The molecule has 0 N–H and O–H groups in total. The van der Waals surface area contributed by atoms with E-state index >= 15 is 0 Å². The lowest BCUT2D eigenvalue weighted by Gasteiger charge is -2.29. The van der Waals surface area contributed by atoms with E-state index < -0.39 is 28.7 Å². The second-order valence-corrected chi connectivity index (χ2v) is 7.92. The van der Waals surface area contributed by atoms with E-state index in [-0.39, 0.29) is 42.7 Å². The Labute approximate surface area is 189 Å². The van der Waals surface area contributed by atoms with Gasteiger partial charge in [0.2, 0.25) is 0 Å². The number of fused-ring (bicyclic) bond motifs is 2. The molecule has 2 aromatic rings. The molecule has 2 heterocycles. The molecule has 0 radical (unpaired) electrons. The van der Waals surface area contributed by atoms with Crippen LogP contribution in [0.4, 0.5) is 5.69 Å². The zero-order chi connectivity index (χ0) is 23.7. The number of hydrogen-bond donors (Lipinski definition) is 0. The third-order valence-corrected chi connectivity index (χ3v) is 5.88. The molecule has 0 unspecified atom stereocenters. The Morgan fingerprint density at radius 1 is 1.21 bits per heavy atom. The molecule has 0 fully saturated rings. The van der Waals surface area contributed by atoms with Gasteiger partial charge in [-0.1, -0.05) is 32.4 Å². The fraction of sp³-hybridized carbons (Fsp3) is 0.348. The minimum atomic E-state index is -1.14. The molecule has 0 spiro atoms. The van der Waals surface area contributed by atoms with Crippen molar-refractivity contribution in [3.63, 3.8) is 0 Å². The van der Waals surface area contributed by atoms with E-state index in [2.05, 4.69) is 0 Å². The molecule has 0 saturated heterocycles. The Hall–Kier alpha value is -3.79. The molecule has 2 aliphatic heterocycles. The van der Waals surface area contributed by atoms with Crippen molar-refractivity contribution in [2.24, 2.45) is 5.92 Å². The Kier molecular flexibility index (Phi) is 6.10. The van der Waals surface area contributed by atoms with E-state index in [0.29, 0.717) is 23.3 Å². The zero-order valence-corrected chi connectivity index (χ0v) is 18.1.